The van der Waals surface area contributed by atoms with Crippen molar-refractivity contribution >= 4 is 0 Å². The highest BCUT2D eigenvalue weighted by molar-refractivity contribution is 5.28. The van der Waals surface area contributed by atoms with Gasteiger partial charge in [0.15, 0.2) is 0 Å². The number of halogens is 1. The third-order valence-corrected chi connectivity index (χ3v) is 3.29. The number of nitrogens with two attached hydrogens (primary N) is 1. The van der Waals surface area contributed by atoms with Gasteiger partial charge in [0.2, 0.25) is 0 Å². The van der Waals surface area contributed by atoms with Crippen molar-refractivity contribution in [3.05, 3.63) is 65.7 Å². The maximum atomic E-state index is 13.0. The molecule has 0 fully saturated rings. The van der Waals surface area contributed by atoms with Crippen molar-refractivity contribution in [1.82, 2.24) is 4.98 Å². The van der Waals surface area contributed by atoms with Crippen molar-refractivity contribution in [2.75, 3.05) is 6.54 Å². The minimum Gasteiger partial charge on any atom is -0.330 e. The van der Waals surface area contributed by atoms with Crippen LogP contribution in [0.25, 0.3) is 0 Å². The fourth-order valence-electron chi connectivity index (χ4n) is 2.05. The van der Waals surface area contributed by atoms with Crippen LogP contribution in [-0.2, 0) is 11.8 Å². The van der Waals surface area contributed by atoms with Gasteiger partial charge < -0.3 is 5.73 Å². The summed E-state index contributed by atoms with van der Waals surface area (Å²) < 4.78 is 13.0. The number of aromatic nitrogens is 1. The van der Waals surface area contributed by atoms with Crippen LogP contribution in [0.15, 0.2) is 48.7 Å². The molecule has 1 aromatic heterocycles. The summed E-state index contributed by atoms with van der Waals surface area (Å²) in [5, 5.41) is 0. The van der Waals surface area contributed by atoms with Gasteiger partial charge in [-0.1, -0.05) is 25.1 Å². The number of hydrogen-bond acceptors (Lipinski definition) is 2. The highest BCUT2D eigenvalue weighted by atomic mass is 19.1. The molecule has 0 aliphatic heterocycles. The number of pyridine rings is 1. The second-order valence-corrected chi connectivity index (χ2v) is 4.77. The van der Waals surface area contributed by atoms with E-state index in [0.29, 0.717) is 6.54 Å². The molecule has 3 heteroatoms. The molecule has 1 heterocycles. The molecule has 0 bridgehead atoms. The third-order valence-electron chi connectivity index (χ3n) is 3.29. The Kier molecular flexibility index (Phi) is 3.72. The van der Waals surface area contributed by atoms with Gasteiger partial charge in [0.05, 0.1) is 0 Å². The van der Waals surface area contributed by atoms with Crippen LogP contribution in [0.1, 0.15) is 18.2 Å². The number of nitrogens with zero attached hydrogens (tertiary/aromatic N) is 1. The molecule has 2 N–H and O–H groups in total. The van der Waals surface area contributed by atoms with E-state index in [4.69, 9.17) is 5.73 Å². The van der Waals surface area contributed by atoms with E-state index in [9.17, 15) is 4.39 Å². The zero-order valence-electron chi connectivity index (χ0n) is 10.4. The Balaban J connectivity index is 2.28. The molecule has 2 nitrogen and oxygen atoms in total. The van der Waals surface area contributed by atoms with Crippen molar-refractivity contribution < 1.29 is 4.39 Å². The van der Waals surface area contributed by atoms with Crippen LogP contribution >= 0.6 is 0 Å². The second kappa shape index (κ2) is 5.27. The molecule has 0 radical (unpaired) electrons. The smallest absolute Gasteiger partial charge is 0.123 e. The predicted molar refractivity (Wildman–Crippen MR) is 70.7 cm³/mol. The van der Waals surface area contributed by atoms with Gasteiger partial charge in [-0.25, -0.2) is 4.39 Å². The summed E-state index contributed by atoms with van der Waals surface area (Å²) in [4.78, 5) is 4.33. The summed E-state index contributed by atoms with van der Waals surface area (Å²) in [5.41, 5.74) is 7.72. The van der Waals surface area contributed by atoms with Crippen molar-refractivity contribution in [1.29, 1.82) is 0 Å². The first-order valence-corrected chi connectivity index (χ1v) is 6.00. The van der Waals surface area contributed by atoms with Gasteiger partial charge in [-0.15, -0.1) is 0 Å². The zero-order valence-corrected chi connectivity index (χ0v) is 10.4. The van der Waals surface area contributed by atoms with Gasteiger partial charge in [-0.3, -0.25) is 4.98 Å². The quantitative estimate of drug-likeness (QED) is 0.898. The van der Waals surface area contributed by atoms with Gasteiger partial charge >= 0.3 is 0 Å². The van der Waals surface area contributed by atoms with Crippen molar-refractivity contribution in [2.24, 2.45) is 5.73 Å². The van der Waals surface area contributed by atoms with E-state index in [1.165, 1.54) is 12.1 Å². The van der Waals surface area contributed by atoms with E-state index in [-0.39, 0.29) is 11.2 Å². The minimum atomic E-state index is -0.226. The van der Waals surface area contributed by atoms with Crippen LogP contribution in [-0.4, -0.2) is 11.5 Å². The Morgan fingerprint density at radius 3 is 2.44 bits per heavy atom. The molecule has 0 aliphatic carbocycles. The summed E-state index contributed by atoms with van der Waals surface area (Å²) in [5.74, 6) is -0.226. The molecule has 94 valence electrons. The normalized spacial score (nSPS) is 14.2. The lowest BCUT2D eigenvalue weighted by Gasteiger charge is -2.28. The average molecular weight is 244 g/mol. The van der Waals surface area contributed by atoms with Gasteiger partial charge in [-0.05, 0) is 29.8 Å². The molecule has 2 rings (SSSR count). The Morgan fingerprint density at radius 2 is 1.89 bits per heavy atom. The molecular formula is C15H17FN2. The van der Waals surface area contributed by atoms with Crippen LogP contribution in [0.4, 0.5) is 4.39 Å². The number of rotatable bonds is 4. The summed E-state index contributed by atoms with van der Waals surface area (Å²) in [6.07, 6.45) is 2.52. The van der Waals surface area contributed by atoms with E-state index in [1.807, 2.05) is 18.2 Å². The Morgan fingerprint density at radius 1 is 1.17 bits per heavy atom. The maximum absolute atomic E-state index is 13.0. The Bertz CT molecular complexity index is 496. The Hall–Kier alpha value is -1.74. The van der Waals surface area contributed by atoms with Gasteiger partial charge in [-0.2, -0.15) is 0 Å². The molecule has 1 unspecified atom stereocenters. The molecule has 18 heavy (non-hydrogen) atoms. The first kappa shape index (κ1) is 12.7. The standard InChI is InChI=1S/C15H17FN2/c1-15(11-17,10-14-4-2-3-9-18-14)12-5-7-13(16)8-6-12/h2-9H,10-11,17H2,1H3. The van der Waals surface area contributed by atoms with Crippen molar-refractivity contribution in [2.45, 2.75) is 18.8 Å². The highest BCUT2D eigenvalue weighted by Gasteiger charge is 2.25. The summed E-state index contributed by atoms with van der Waals surface area (Å²) in [7, 11) is 0. The first-order chi connectivity index (χ1) is 8.64. The second-order valence-electron chi connectivity index (χ2n) is 4.77. The zero-order chi connectivity index (χ0) is 13.0. The first-order valence-electron chi connectivity index (χ1n) is 6.00. The van der Waals surface area contributed by atoms with E-state index in [1.54, 1.807) is 18.3 Å². The van der Waals surface area contributed by atoms with Crippen LogP contribution in [0.5, 0.6) is 0 Å². The number of benzene rings is 1. The van der Waals surface area contributed by atoms with Crippen molar-refractivity contribution in [3.63, 3.8) is 0 Å². The monoisotopic (exact) mass is 244 g/mol. The fraction of sp³-hybridized carbons (Fsp3) is 0.267. The SMILES string of the molecule is CC(CN)(Cc1ccccn1)c1ccc(F)cc1. The van der Waals surface area contributed by atoms with Crippen LogP contribution in [0.2, 0.25) is 0 Å². The van der Waals surface area contributed by atoms with E-state index >= 15 is 0 Å². The average Bonchev–Trinajstić information content (AvgIpc) is 2.40. The lowest BCUT2D eigenvalue weighted by molar-refractivity contribution is 0.474. The highest BCUT2D eigenvalue weighted by Crippen LogP contribution is 2.26. The topological polar surface area (TPSA) is 38.9 Å². The van der Waals surface area contributed by atoms with Crippen LogP contribution in [0, 0.1) is 5.82 Å². The fourth-order valence-corrected chi connectivity index (χ4v) is 2.05. The Labute approximate surface area is 107 Å². The summed E-state index contributed by atoms with van der Waals surface area (Å²) in [6, 6.07) is 12.4. The van der Waals surface area contributed by atoms with Crippen LogP contribution in [0.3, 0.4) is 0 Å². The van der Waals surface area contributed by atoms with Gasteiger partial charge in [0.25, 0.3) is 0 Å². The molecule has 1 atom stereocenters. The molecule has 0 spiro atoms. The molecule has 0 saturated carbocycles. The largest absolute Gasteiger partial charge is 0.330 e. The van der Waals surface area contributed by atoms with Gasteiger partial charge in [0, 0.05) is 30.3 Å². The molecule has 2 aromatic rings. The predicted octanol–water partition coefficient (Wildman–Crippen LogP) is 2.68. The third kappa shape index (κ3) is 2.74. The lowest BCUT2D eigenvalue weighted by Crippen LogP contribution is -2.34. The summed E-state index contributed by atoms with van der Waals surface area (Å²) in [6.45, 7) is 2.57. The summed E-state index contributed by atoms with van der Waals surface area (Å²) >= 11 is 0. The number of hydrogen-bond donors (Lipinski definition) is 1. The van der Waals surface area contributed by atoms with E-state index in [0.717, 1.165) is 17.7 Å². The maximum Gasteiger partial charge on any atom is 0.123 e. The molecule has 0 amide bonds. The van der Waals surface area contributed by atoms with E-state index in [2.05, 4.69) is 11.9 Å². The molecule has 0 saturated heterocycles. The molecule has 1 aromatic carbocycles. The molecule has 0 aliphatic rings. The minimum absolute atomic E-state index is 0.220. The van der Waals surface area contributed by atoms with E-state index < -0.39 is 0 Å². The lowest BCUT2D eigenvalue weighted by atomic mass is 9.78. The van der Waals surface area contributed by atoms with Gasteiger partial charge in [0.1, 0.15) is 5.82 Å². The van der Waals surface area contributed by atoms with Crippen LogP contribution < -0.4 is 5.73 Å². The molecular weight excluding hydrogens is 227 g/mol. The van der Waals surface area contributed by atoms with Crippen molar-refractivity contribution in [3.8, 4) is 0 Å².